The number of likely N-dealkylation sites (tertiary alicyclic amines) is 1. The highest BCUT2D eigenvalue weighted by Crippen LogP contribution is 2.34. The largest absolute Gasteiger partial charge is 0.493 e. The fraction of sp³-hybridized carbons (Fsp3) is 0.514. The van der Waals surface area contributed by atoms with Gasteiger partial charge >= 0.3 is 0 Å². The number of benzene rings is 2. The van der Waals surface area contributed by atoms with E-state index >= 15 is 0 Å². The van der Waals surface area contributed by atoms with Crippen molar-refractivity contribution >= 4 is 23.6 Å². The molecule has 1 saturated heterocycles. The summed E-state index contributed by atoms with van der Waals surface area (Å²) in [6.07, 6.45) is 0.00516. The number of carbonyl (C=O) groups excluding carboxylic acids is 4. The van der Waals surface area contributed by atoms with Crippen molar-refractivity contribution in [3.8, 4) is 23.0 Å². The predicted molar refractivity (Wildman–Crippen MR) is 187 cm³/mol. The summed E-state index contributed by atoms with van der Waals surface area (Å²) in [5.74, 6) is 0.962. The van der Waals surface area contributed by atoms with Gasteiger partial charge in [0.05, 0.1) is 19.7 Å². The van der Waals surface area contributed by atoms with Crippen LogP contribution in [0.2, 0.25) is 0 Å². The average Bonchev–Trinajstić information content (AvgIpc) is 3.82. The Morgan fingerprint density at radius 2 is 1.69 bits per heavy atom. The highest BCUT2D eigenvalue weighted by atomic mass is 16.7. The molecule has 0 spiro atoms. The number of nitrogens with zero attached hydrogens (tertiary/aromatic N) is 4. The van der Waals surface area contributed by atoms with E-state index in [1.165, 1.54) is 18.1 Å². The van der Waals surface area contributed by atoms with E-state index in [2.05, 4.69) is 20.8 Å². The van der Waals surface area contributed by atoms with Crippen molar-refractivity contribution in [1.29, 1.82) is 0 Å². The van der Waals surface area contributed by atoms with Gasteiger partial charge in [-0.05, 0) is 62.1 Å². The number of piperidine rings is 1. The normalized spacial score (nSPS) is 21.3. The van der Waals surface area contributed by atoms with Crippen molar-refractivity contribution < 1.29 is 42.6 Å². The number of nitrogens with one attached hydrogen (secondary N) is 2. The van der Waals surface area contributed by atoms with Gasteiger partial charge in [0.1, 0.15) is 0 Å². The quantitative estimate of drug-likeness (QED) is 0.382. The van der Waals surface area contributed by atoms with Crippen LogP contribution in [0, 0.1) is 5.92 Å². The van der Waals surface area contributed by atoms with Gasteiger partial charge in [-0.3, -0.25) is 19.2 Å². The number of methoxy groups -OCH3 is 1. The molecule has 3 aliphatic heterocycles. The number of rotatable bonds is 6. The predicted octanol–water partition coefficient (Wildman–Crippen LogP) is 3.50. The van der Waals surface area contributed by atoms with Crippen LogP contribution in [0.3, 0.4) is 0 Å². The molecule has 1 fully saturated rings. The second kappa shape index (κ2) is 15.5. The maximum Gasteiger partial charge on any atom is 0.265 e. The van der Waals surface area contributed by atoms with Gasteiger partial charge in [0.15, 0.2) is 34.9 Å². The molecule has 3 aliphatic rings. The molecule has 0 radical (unpaired) electrons. The summed E-state index contributed by atoms with van der Waals surface area (Å²) in [5.41, 5.74) is 0.566. The lowest BCUT2D eigenvalue weighted by atomic mass is 9.96. The molecule has 2 N–H and O–H groups in total. The smallest absolute Gasteiger partial charge is 0.265 e. The van der Waals surface area contributed by atoms with Crippen molar-refractivity contribution in [3.63, 3.8) is 0 Å². The molecule has 6 rings (SSSR count). The first-order valence-electron chi connectivity index (χ1n) is 17.7. The number of hydrogen-bond donors (Lipinski definition) is 2. The molecule has 2 aromatic carbocycles. The topological polar surface area (TPSA) is 175 Å². The molecule has 15 heteroatoms. The number of amides is 4. The van der Waals surface area contributed by atoms with E-state index in [1.54, 1.807) is 42.2 Å². The number of carbonyl (C=O) groups is 4. The summed E-state index contributed by atoms with van der Waals surface area (Å²) in [6.45, 7) is 10.0. The van der Waals surface area contributed by atoms with E-state index in [0.29, 0.717) is 60.5 Å². The first-order chi connectivity index (χ1) is 24.9. The van der Waals surface area contributed by atoms with Gasteiger partial charge in [0.25, 0.3) is 17.7 Å². The summed E-state index contributed by atoms with van der Waals surface area (Å²) in [6, 6.07) is 8.18. The highest BCUT2D eigenvalue weighted by Gasteiger charge is 2.37. The standard InChI is InChI=1S/C37H46N6O9/c1-20(2)26-17-43(36(46)25-8-10-28-29(16-25)50-19-49-28)18-31(44)38-22(5)32(51-30-15-24(34(45)39-26)7-9-27(30)48-6)37(47)42-13-11-23(12-14-42)35-40-33(21(3)4)41-52-35/h7-10,15-16,20-23,26,32H,11-14,17-19H2,1-6H3,(H,38,44)(H,39,45)/t22-,26+,32-/m0/s1. The Bertz CT molecular complexity index is 1800. The Hall–Kier alpha value is -5.34. The number of ether oxygens (including phenoxy) is 4. The molecule has 0 unspecified atom stereocenters. The Kier molecular flexibility index (Phi) is 10.9. The average molecular weight is 719 g/mol. The first-order valence-corrected chi connectivity index (χ1v) is 17.7. The number of fused-ring (bicyclic) bond motifs is 3. The second-order valence-electron chi connectivity index (χ2n) is 14.1. The fourth-order valence-electron chi connectivity index (χ4n) is 6.48. The van der Waals surface area contributed by atoms with Crippen molar-refractivity contribution in [2.75, 3.05) is 40.1 Å². The number of hydrogen-bond acceptors (Lipinski definition) is 11. The van der Waals surface area contributed by atoms with Crippen LogP contribution in [0.4, 0.5) is 0 Å². The SMILES string of the molecule is COc1ccc2cc1O[C@H](C(=O)N1CCC(c3nc(C(C)C)no3)CC1)[C@H](C)NC(=O)CN(C(=O)c1ccc3c(c1)OCO3)C[C@H](C(C)C)NC2=O. The Labute approximate surface area is 302 Å². The zero-order valence-electron chi connectivity index (χ0n) is 30.3. The minimum atomic E-state index is -1.20. The molecule has 0 saturated carbocycles. The van der Waals surface area contributed by atoms with Gasteiger partial charge in [-0.15, -0.1) is 0 Å². The van der Waals surface area contributed by atoms with Crippen LogP contribution in [0.5, 0.6) is 23.0 Å². The van der Waals surface area contributed by atoms with Crippen LogP contribution >= 0.6 is 0 Å². The van der Waals surface area contributed by atoms with Crippen LogP contribution in [-0.4, -0.2) is 102 Å². The van der Waals surface area contributed by atoms with Gasteiger partial charge in [0.2, 0.25) is 18.6 Å². The fourth-order valence-corrected chi connectivity index (χ4v) is 6.48. The molecule has 0 aliphatic carbocycles. The zero-order valence-corrected chi connectivity index (χ0v) is 30.3. The molecular weight excluding hydrogens is 672 g/mol. The summed E-state index contributed by atoms with van der Waals surface area (Å²) < 4.78 is 28.4. The maximum atomic E-state index is 14.3. The minimum Gasteiger partial charge on any atom is -0.493 e. The summed E-state index contributed by atoms with van der Waals surface area (Å²) in [4.78, 5) is 63.4. The third-order valence-corrected chi connectivity index (χ3v) is 9.68. The Morgan fingerprint density at radius 1 is 0.942 bits per heavy atom. The molecule has 2 bridgehead atoms. The van der Waals surface area contributed by atoms with Crippen LogP contribution in [0.15, 0.2) is 40.9 Å². The van der Waals surface area contributed by atoms with Crippen molar-refractivity contribution in [2.45, 2.75) is 77.5 Å². The van der Waals surface area contributed by atoms with Crippen LogP contribution < -0.4 is 29.6 Å². The van der Waals surface area contributed by atoms with E-state index < -0.39 is 35.9 Å². The molecular formula is C37H46N6O9. The summed E-state index contributed by atoms with van der Waals surface area (Å²) >= 11 is 0. The third-order valence-electron chi connectivity index (χ3n) is 9.68. The highest BCUT2D eigenvalue weighted by molar-refractivity contribution is 5.98. The monoisotopic (exact) mass is 718 g/mol. The molecule has 52 heavy (non-hydrogen) atoms. The lowest BCUT2D eigenvalue weighted by Gasteiger charge is -2.35. The van der Waals surface area contributed by atoms with Crippen LogP contribution in [0.1, 0.15) is 91.7 Å². The van der Waals surface area contributed by atoms with Crippen molar-refractivity contribution in [2.24, 2.45) is 5.92 Å². The molecule has 4 amide bonds. The summed E-state index contributed by atoms with van der Waals surface area (Å²) in [5, 5.41) is 10.0. The third kappa shape index (κ3) is 7.92. The van der Waals surface area contributed by atoms with E-state index in [0.717, 1.165) is 0 Å². The summed E-state index contributed by atoms with van der Waals surface area (Å²) in [7, 11) is 1.47. The van der Waals surface area contributed by atoms with Crippen LogP contribution in [0.25, 0.3) is 0 Å². The first kappa shape index (κ1) is 36.5. The molecule has 15 nitrogen and oxygen atoms in total. The molecule has 3 atom stereocenters. The molecule has 278 valence electrons. The minimum absolute atomic E-state index is 0.00400. The maximum absolute atomic E-state index is 14.3. The number of aromatic nitrogens is 2. The van der Waals surface area contributed by atoms with Crippen molar-refractivity contribution in [1.82, 2.24) is 30.6 Å². The van der Waals surface area contributed by atoms with Gasteiger partial charge in [-0.25, -0.2) is 0 Å². The zero-order chi connectivity index (χ0) is 37.1. The van der Waals surface area contributed by atoms with Gasteiger partial charge < -0.3 is 43.9 Å². The van der Waals surface area contributed by atoms with Gasteiger partial charge in [-0.2, -0.15) is 4.98 Å². The van der Waals surface area contributed by atoms with Gasteiger partial charge in [0, 0.05) is 48.6 Å². The molecule has 3 aromatic rings. The molecule has 4 heterocycles. The van der Waals surface area contributed by atoms with Crippen LogP contribution in [-0.2, 0) is 9.59 Å². The molecule has 1 aromatic heterocycles. The van der Waals surface area contributed by atoms with Crippen molar-refractivity contribution in [3.05, 3.63) is 59.2 Å². The van der Waals surface area contributed by atoms with E-state index in [9.17, 15) is 19.2 Å². The Balaban J connectivity index is 1.28. The lowest BCUT2D eigenvalue weighted by molar-refractivity contribution is -0.141. The van der Waals surface area contributed by atoms with E-state index in [-0.39, 0.29) is 54.9 Å². The van der Waals surface area contributed by atoms with E-state index in [4.69, 9.17) is 23.5 Å². The van der Waals surface area contributed by atoms with E-state index in [1.807, 2.05) is 27.7 Å². The second-order valence-corrected chi connectivity index (χ2v) is 14.1. The Morgan fingerprint density at radius 3 is 2.38 bits per heavy atom. The van der Waals surface area contributed by atoms with Gasteiger partial charge in [-0.1, -0.05) is 32.9 Å². The lowest BCUT2D eigenvalue weighted by Crippen LogP contribution is -2.56.